The van der Waals surface area contributed by atoms with Crippen molar-refractivity contribution in [3.05, 3.63) is 29.8 Å². The van der Waals surface area contributed by atoms with Gasteiger partial charge >= 0.3 is 5.97 Å². The largest absolute Gasteiger partial charge is 0.481 e. The first kappa shape index (κ1) is 19.4. The maximum absolute atomic E-state index is 12.3. The van der Waals surface area contributed by atoms with Crippen LogP contribution in [-0.2, 0) is 25.8 Å². The van der Waals surface area contributed by atoms with Crippen LogP contribution in [0.3, 0.4) is 0 Å². The second-order valence-corrected chi connectivity index (χ2v) is 8.75. The fourth-order valence-electron chi connectivity index (χ4n) is 3.07. The molecule has 138 valence electrons. The lowest BCUT2D eigenvalue weighted by Gasteiger charge is -2.31. The fraction of sp³-hybridized carbons (Fsp3) is 0.556. The molecule has 0 saturated carbocycles. The number of carbonyl (C=O) groups excluding carboxylic acids is 1. The average Bonchev–Trinajstić information content (AvgIpc) is 2.60. The minimum Gasteiger partial charge on any atom is -0.481 e. The van der Waals surface area contributed by atoms with Gasteiger partial charge in [0, 0.05) is 25.9 Å². The summed E-state index contributed by atoms with van der Waals surface area (Å²) in [5.41, 5.74) is 0.934. The highest BCUT2D eigenvalue weighted by Crippen LogP contribution is 2.21. The Hall–Kier alpha value is -1.89. The van der Waals surface area contributed by atoms with Crippen molar-refractivity contribution in [2.24, 2.45) is 5.92 Å². The summed E-state index contributed by atoms with van der Waals surface area (Å²) in [6.07, 6.45) is 2.60. The normalized spacial score (nSPS) is 16.0. The predicted molar refractivity (Wildman–Crippen MR) is 94.0 cm³/mol. The van der Waals surface area contributed by atoms with E-state index in [1.54, 1.807) is 36.1 Å². The van der Waals surface area contributed by atoms with Crippen LogP contribution in [-0.4, -0.2) is 49.1 Å². The average molecular weight is 367 g/mol. The topological polar surface area (TPSA) is 91.8 Å². The SMILES string of the molecule is CCS(=O)(=O)c1ccc(CCC(=O)N2CCC(CC(=O)O)CC2)cc1. The quantitative estimate of drug-likeness (QED) is 0.797. The number of aryl methyl sites for hydroxylation is 1. The molecule has 1 aromatic carbocycles. The van der Waals surface area contributed by atoms with E-state index < -0.39 is 15.8 Å². The number of amides is 1. The van der Waals surface area contributed by atoms with E-state index in [9.17, 15) is 18.0 Å². The standard InChI is InChI=1S/C18H25NO5S/c1-2-25(23,24)16-6-3-14(4-7-16)5-8-17(20)19-11-9-15(10-12-19)13-18(21)22/h3-4,6-7,15H,2,5,8-13H2,1H3,(H,21,22). The Kier molecular flexibility index (Phi) is 6.58. The van der Waals surface area contributed by atoms with Crippen molar-refractivity contribution in [2.75, 3.05) is 18.8 Å². The summed E-state index contributed by atoms with van der Waals surface area (Å²) in [5.74, 6) is -0.477. The number of hydrogen-bond acceptors (Lipinski definition) is 4. The van der Waals surface area contributed by atoms with Gasteiger partial charge < -0.3 is 10.0 Å². The smallest absolute Gasteiger partial charge is 0.303 e. The van der Waals surface area contributed by atoms with Crippen molar-refractivity contribution in [1.82, 2.24) is 4.90 Å². The van der Waals surface area contributed by atoms with Crippen molar-refractivity contribution in [3.63, 3.8) is 0 Å². The first-order valence-corrected chi connectivity index (χ1v) is 10.3. The van der Waals surface area contributed by atoms with Gasteiger partial charge in [-0.3, -0.25) is 9.59 Å². The summed E-state index contributed by atoms with van der Waals surface area (Å²) in [6, 6.07) is 6.70. The van der Waals surface area contributed by atoms with Gasteiger partial charge in [0.15, 0.2) is 9.84 Å². The van der Waals surface area contributed by atoms with E-state index in [4.69, 9.17) is 5.11 Å². The van der Waals surface area contributed by atoms with Crippen molar-refractivity contribution >= 4 is 21.7 Å². The number of piperidine rings is 1. The lowest BCUT2D eigenvalue weighted by Crippen LogP contribution is -2.39. The number of carboxylic acid groups (broad SMARTS) is 1. The number of carbonyl (C=O) groups is 2. The third-order valence-corrected chi connectivity index (χ3v) is 6.47. The molecule has 0 bridgehead atoms. The van der Waals surface area contributed by atoms with Crippen LogP contribution in [0.4, 0.5) is 0 Å². The van der Waals surface area contributed by atoms with Crippen LogP contribution in [0.1, 0.15) is 38.2 Å². The molecule has 1 amide bonds. The second kappa shape index (κ2) is 8.47. The van der Waals surface area contributed by atoms with Crippen molar-refractivity contribution in [2.45, 2.75) is 43.9 Å². The summed E-state index contributed by atoms with van der Waals surface area (Å²) in [6.45, 7) is 2.84. The van der Waals surface area contributed by atoms with Crippen molar-refractivity contribution < 1.29 is 23.1 Å². The fourth-order valence-corrected chi connectivity index (χ4v) is 3.96. The Labute approximate surface area is 148 Å². The molecule has 1 aliphatic rings. The van der Waals surface area contributed by atoms with Crippen molar-refractivity contribution in [3.8, 4) is 0 Å². The van der Waals surface area contributed by atoms with Crippen molar-refractivity contribution in [1.29, 1.82) is 0 Å². The number of likely N-dealkylation sites (tertiary alicyclic amines) is 1. The molecule has 25 heavy (non-hydrogen) atoms. The van der Waals surface area contributed by atoms with E-state index in [1.165, 1.54) is 0 Å². The number of carboxylic acids is 1. The predicted octanol–water partition coefficient (Wildman–Crippen LogP) is 2.13. The highest BCUT2D eigenvalue weighted by molar-refractivity contribution is 7.91. The van der Waals surface area contributed by atoms with Crippen LogP contribution in [0.5, 0.6) is 0 Å². The van der Waals surface area contributed by atoms with Crippen LogP contribution in [0.25, 0.3) is 0 Å². The maximum atomic E-state index is 12.3. The molecule has 0 unspecified atom stereocenters. The summed E-state index contributed by atoms with van der Waals surface area (Å²) in [5, 5.41) is 8.82. The van der Waals surface area contributed by atoms with Gasteiger partial charge in [0.25, 0.3) is 0 Å². The minimum atomic E-state index is -3.19. The van der Waals surface area contributed by atoms with Crippen LogP contribution in [0.15, 0.2) is 29.2 Å². The molecule has 1 fully saturated rings. The Bertz CT molecular complexity index is 703. The highest BCUT2D eigenvalue weighted by Gasteiger charge is 2.24. The van der Waals surface area contributed by atoms with Gasteiger partial charge in [0.2, 0.25) is 5.91 Å². The monoisotopic (exact) mass is 367 g/mol. The summed E-state index contributed by atoms with van der Waals surface area (Å²) >= 11 is 0. The number of aliphatic carboxylic acids is 1. The Balaban J connectivity index is 1.82. The zero-order valence-corrected chi connectivity index (χ0v) is 15.3. The van der Waals surface area contributed by atoms with Gasteiger partial charge in [-0.25, -0.2) is 8.42 Å². The number of benzene rings is 1. The number of sulfone groups is 1. The second-order valence-electron chi connectivity index (χ2n) is 6.47. The molecule has 0 radical (unpaired) electrons. The van der Waals surface area contributed by atoms with Crippen LogP contribution < -0.4 is 0 Å². The van der Waals surface area contributed by atoms with Gasteiger partial charge in [0.1, 0.15) is 0 Å². The molecule has 7 heteroatoms. The van der Waals surface area contributed by atoms with Gasteiger partial charge in [-0.15, -0.1) is 0 Å². The molecular formula is C18H25NO5S. The number of hydrogen-bond donors (Lipinski definition) is 1. The first-order chi connectivity index (χ1) is 11.8. The Morgan fingerprint density at radius 3 is 2.28 bits per heavy atom. The van der Waals surface area contributed by atoms with Gasteiger partial charge in [-0.2, -0.15) is 0 Å². The maximum Gasteiger partial charge on any atom is 0.303 e. The molecule has 1 saturated heterocycles. The van der Waals surface area contributed by atoms with Crippen LogP contribution in [0.2, 0.25) is 0 Å². The molecular weight excluding hydrogens is 342 g/mol. The molecule has 1 aromatic rings. The van der Waals surface area contributed by atoms with E-state index in [0.29, 0.717) is 30.8 Å². The van der Waals surface area contributed by atoms with E-state index in [-0.39, 0.29) is 24.0 Å². The lowest BCUT2D eigenvalue weighted by molar-refractivity contribution is -0.138. The molecule has 6 nitrogen and oxygen atoms in total. The summed E-state index contributed by atoms with van der Waals surface area (Å²) < 4.78 is 23.6. The lowest BCUT2D eigenvalue weighted by atomic mass is 9.93. The number of nitrogens with zero attached hydrogens (tertiary/aromatic N) is 1. The molecule has 2 rings (SSSR count). The third-order valence-electron chi connectivity index (χ3n) is 4.72. The first-order valence-electron chi connectivity index (χ1n) is 8.63. The zero-order valence-electron chi connectivity index (χ0n) is 14.5. The molecule has 0 aliphatic carbocycles. The van der Waals surface area contributed by atoms with E-state index in [2.05, 4.69) is 0 Å². The molecule has 1 heterocycles. The van der Waals surface area contributed by atoms with E-state index in [1.807, 2.05) is 0 Å². The molecule has 1 N–H and O–H groups in total. The molecule has 0 aromatic heterocycles. The van der Waals surface area contributed by atoms with Crippen LogP contribution >= 0.6 is 0 Å². The van der Waals surface area contributed by atoms with E-state index >= 15 is 0 Å². The van der Waals surface area contributed by atoms with Gasteiger partial charge in [-0.1, -0.05) is 19.1 Å². The highest BCUT2D eigenvalue weighted by atomic mass is 32.2. The van der Waals surface area contributed by atoms with Crippen LogP contribution in [0, 0.1) is 5.92 Å². The van der Waals surface area contributed by atoms with Gasteiger partial charge in [-0.05, 0) is 42.9 Å². The summed E-state index contributed by atoms with van der Waals surface area (Å²) in [7, 11) is -3.19. The van der Waals surface area contributed by atoms with Gasteiger partial charge in [0.05, 0.1) is 10.6 Å². The molecule has 0 atom stereocenters. The third kappa shape index (κ3) is 5.56. The van der Waals surface area contributed by atoms with E-state index in [0.717, 1.165) is 18.4 Å². The Morgan fingerprint density at radius 2 is 1.76 bits per heavy atom. The molecule has 0 spiro atoms. The zero-order chi connectivity index (χ0) is 18.4. The number of rotatable bonds is 7. The summed E-state index contributed by atoms with van der Waals surface area (Å²) in [4.78, 5) is 25.1. The molecule has 1 aliphatic heterocycles. The minimum absolute atomic E-state index is 0.0685. The Morgan fingerprint density at radius 1 is 1.16 bits per heavy atom.